The molecule has 0 spiro atoms. The van der Waals surface area contributed by atoms with Crippen molar-refractivity contribution < 1.29 is 24.2 Å². The highest BCUT2D eigenvalue weighted by Crippen LogP contribution is 2.41. The van der Waals surface area contributed by atoms with E-state index in [0.717, 1.165) is 12.8 Å². The van der Waals surface area contributed by atoms with Gasteiger partial charge >= 0.3 is 17.7 Å². The fourth-order valence-corrected chi connectivity index (χ4v) is 3.31. The van der Waals surface area contributed by atoms with Crippen molar-refractivity contribution in [2.75, 3.05) is 0 Å². The molecule has 5 heteroatoms. The molecule has 0 aliphatic carbocycles. The molecular weight excluding hydrogens is 320 g/mol. The van der Waals surface area contributed by atoms with E-state index < -0.39 is 23.8 Å². The summed E-state index contributed by atoms with van der Waals surface area (Å²) in [5, 5.41) is 9.12. The van der Waals surface area contributed by atoms with Crippen LogP contribution in [0.2, 0.25) is 0 Å². The molecule has 1 aliphatic heterocycles. The van der Waals surface area contributed by atoms with Gasteiger partial charge in [0.05, 0.1) is 0 Å². The summed E-state index contributed by atoms with van der Waals surface area (Å²) in [7, 11) is 0. The van der Waals surface area contributed by atoms with Gasteiger partial charge in [0.25, 0.3) is 0 Å². The van der Waals surface area contributed by atoms with Crippen LogP contribution in [-0.4, -0.2) is 28.9 Å². The minimum Gasteiger partial charge on any atom is -0.476 e. The van der Waals surface area contributed by atoms with Crippen molar-refractivity contribution in [1.82, 2.24) is 0 Å². The zero-order valence-corrected chi connectivity index (χ0v) is 16.1. The molecule has 1 fully saturated rings. The maximum Gasteiger partial charge on any atom is 0.380 e. The van der Waals surface area contributed by atoms with Gasteiger partial charge in [0.1, 0.15) is 6.10 Å². The quantitative estimate of drug-likeness (QED) is 0.233. The average Bonchev–Trinajstić information content (AvgIpc) is 3.25. The number of esters is 1. The molecule has 0 bridgehead atoms. The molecule has 25 heavy (non-hydrogen) atoms. The number of rotatable bonds is 16. The SMILES string of the molecule is CCCCCCCCCCCCCCCC1OC1(OC(C)=O)C(=O)O. The standard InChI is InChI=1S/C20H36O5/c1-3-4-5-6-7-8-9-10-11-12-13-14-15-16-18-20(25-18,19(22)23)24-17(2)21/h18H,3-16H2,1-2H3,(H,22,23). The third-order valence-corrected chi connectivity index (χ3v) is 4.85. The van der Waals surface area contributed by atoms with Gasteiger partial charge in [0.15, 0.2) is 0 Å². The Kier molecular flexibility index (Phi) is 10.8. The number of carbonyl (C=O) groups is 2. The summed E-state index contributed by atoms with van der Waals surface area (Å²) in [5.41, 5.74) is 0. The van der Waals surface area contributed by atoms with Gasteiger partial charge in [-0.15, -0.1) is 0 Å². The lowest BCUT2D eigenvalue weighted by atomic mass is 10.0. The predicted octanol–water partition coefficient (Wildman–Crippen LogP) is 5.21. The van der Waals surface area contributed by atoms with Gasteiger partial charge in [0, 0.05) is 6.92 Å². The first-order valence-corrected chi connectivity index (χ1v) is 10.1. The molecule has 5 nitrogen and oxygen atoms in total. The van der Waals surface area contributed by atoms with Crippen LogP contribution in [0.25, 0.3) is 0 Å². The maximum atomic E-state index is 11.2. The fourth-order valence-electron chi connectivity index (χ4n) is 3.31. The summed E-state index contributed by atoms with van der Waals surface area (Å²) in [5.74, 6) is -3.53. The van der Waals surface area contributed by atoms with Gasteiger partial charge in [-0.05, 0) is 6.42 Å². The molecule has 0 amide bonds. The molecular formula is C20H36O5. The van der Waals surface area contributed by atoms with Gasteiger partial charge in [-0.1, -0.05) is 90.4 Å². The normalized spacial score (nSPS) is 21.9. The van der Waals surface area contributed by atoms with Gasteiger partial charge in [-0.2, -0.15) is 0 Å². The van der Waals surface area contributed by atoms with Crippen LogP contribution in [0.5, 0.6) is 0 Å². The van der Waals surface area contributed by atoms with Crippen LogP contribution >= 0.6 is 0 Å². The van der Waals surface area contributed by atoms with Gasteiger partial charge in [0.2, 0.25) is 0 Å². The minimum absolute atomic E-state index is 0.485. The Hall–Kier alpha value is -1.10. The van der Waals surface area contributed by atoms with Crippen molar-refractivity contribution >= 4 is 11.9 Å². The maximum absolute atomic E-state index is 11.2. The van der Waals surface area contributed by atoms with Crippen molar-refractivity contribution in [3.63, 3.8) is 0 Å². The van der Waals surface area contributed by atoms with Crippen molar-refractivity contribution in [2.24, 2.45) is 0 Å². The van der Waals surface area contributed by atoms with Crippen molar-refractivity contribution in [1.29, 1.82) is 0 Å². The van der Waals surface area contributed by atoms with Crippen LogP contribution in [0.3, 0.4) is 0 Å². The molecule has 1 heterocycles. The number of carboxylic acids is 1. The molecule has 1 rings (SSSR count). The highest BCUT2D eigenvalue weighted by atomic mass is 16.8. The van der Waals surface area contributed by atoms with E-state index in [4.69, 9.17) is 14.6 Å². The Morgan fingerprint density at radius 1 is 0.880 bits per heavy atom. The molecule has 146 valence electrons. The summed E-state index contributed by atoms with van der Waals surface area (Å²) in [6, 6.07) is 0. The summed E-state index contributed by atoms with van der Waals surface area (Å²) < 4.78 is 9.97. The number of aliphatic carboxylic acids is 1. The van der Waals surface area contributed by atoms with Crippen molar-refractivity contribution in [3.05, 3.63) is 0 Å². The van der Waals surface area contributed by atoms with E-state index in [1.165, 1.54) is 77.6 Å². The summed E-state index contributed by atoms with van der Waals surface area (Å²) in [6.07, 6.45) is 16.8. The van der Waals surface area contributed by atoms with E-state index in [1.807, 2.05) is 0 Å². The number of ether oxygens (including phenoxy) is 2. The molecule has 2 atom stereocenters. The van der Waals surface area contributed by atoms with E-state index in [9.17, 15) is 9.59 Å². The van der Waals surface area contributed by atoms with Crippen LogP contribution in [0.4, 0.5) is 0 Å². The molecule has 1 N–H and O–H groups in total. The molecule has 0 saturated carbocycles. The van der Waals surface area contributed by atoms with Crippen LogP contribution in [0.15, 0.2) is 0 Å². The van der Waals surface area contributed by atoms with E-state index in [0.29, 0.717) is 6.42 Å². The number of unbranched alkanes of at least 4 members (excludes halogenated alkanes) is 12. The van der Waals surface area contributed by atoms with Gasteiger partial charge < -0.3 is 14.6 Å². The topological polar surface area (TPSA) is 76.1 Å². The summed E-state index contributed by atoms with van der Waals surface area (Å²) in [6.45, 7) is 3.45. The third kappa shape index (κ3) is 8.70. The lowest BCUT2D eigenvalue weighted by Crippen LogP contribution is -2.32. The molecule has 0 aromatic heterocycles. The Morgan fingerprint density at radius 2 is 1.32 bits per heavy atom. The zero-order valence-electron chi connectivity index (χ0n) is 16.1. The molecule has 0 aromatic carbocycles. The van der Waals surface area contributed by atoms with Crippen LogP contribution in [0.1, 0.15) is 104 Å². The first-order chi connectivity index (χ1) is 12.0. The smallest absolute Gasteiger partial charge is 0.380 e. The second kappa shape index (κ2) is 12.3. The lowest BCUT2D eigenvalue weighted by Gasteiger charge is -2.07. The van der Waals surface area contributed by atoms with E-state index in [2.05, 4.69) is 6.92 Å². The molecule has 0 aromatic rings. The van der Waals surface area contributed by atoms with Crippen molar-refractivity contribution in [2.45, 2.75) is 116 Å². The largest absolute Gasteiger partial charge is 0.476 e. The van der Waals surface area contributed by atoms with Gasteiger partial charge in [-0.3, -0.25) is 4.79 Å². The molecule has 1 saturated heterocycles. The van der Waals surface area contributed by atoms with Crippen LogP contribution in [-0.2, 0) is 19.1 Å². The monoisotopic (exact) mass is 356 g/mol. The minimum atomic E-state index is -1.71. The molecule has 1 aliphatic rings. The highest BCUT2D eigenvalue weighted by Gasteiger charge is 2.66. The Morgan fingerprint density at radius 3 is 1.72 bits per heavy atom. The predicted molar refractivity (Wildman–Crippen MR) is 97.3 cm³/mol. The van der Waals surface area contributed by atoms with E-state index >= 15 is 0 Å². The number of carbonyl (C=O) groups excluding carboxylic acids is 1. The summed E-state index contributed by atoms with van der Waals surface area (Å²) in [4.78, 5) is 22.1. The van der Waals surface area contributed by atoms with Crippen molar-refractivity contribution in [3.8, 4) is 0 Å². The Bertz CT molecular complexity index is 396. The van der Waals surface area contributed by atoms with Crippen LogP contribution < -0.4 is 0 Å². The lowest BCUT2D eigenvalue weighted by molar-refractivity contribution is -0.175. The molecule has 2 unspecified atom stereocenters. The summed E-state index contributed by atoms with van der Waals surface area (Å²) >= 11 is 0. The Labute approximate surface area is 152 Å². The third-order valence-electron chi connectivity index (χ3n) is 4.85. The second-order valence-electron chi connectivity index (χ2n) is 7.20. The number of hydrogen-bond donors (Lipinski definition) is 1. The average molecular weight is 357 g/mol. The zero-order chi connectivity index (χ0) is 18.5. The highest BCUT2D eigenvalue weighted by molar-refractivity contribution is 5.83. The number of carboxylic acid groups (broad SMARTS) is 1. The van der Waals surface area contributed by atoms with E-state index in [-0.39, 0.29) is 0 Å². The second-order valence-corrected chi connectivity index (χ2v) is 7.20. The Balaban J connectivity index is 1.90. The number of epoxide rings is 1. The van der Waals surface area contributed by atoms with E-state index in [1.54, 1.807) is 0 Å². The molecule has 0 radical (unpaired) electrons. The fraction of sp³-hybridized carbons (Fsp3) is 0.900. The first-order valence-electron chi connectivity index (χ1n) is 10.1. The first kappa shape index (κ1) is 21.9. The van der Waals surface area contributed by atoms with Crippen LogP contribution in [0, 0.1) is 0 Å². The van der Waals surface area contributed by atoms with Gasteiger partial charge in [-0.25, -0.2) is 4.79 Å². The number of hydrogen-bond acceptors (Lipinski definition) is 4.